The first-order valence-electron chi connectivity index (χ1n) is 9.61. The van der Waals surface area contributed by atoms with Crippen molar-refractivity contribution < 1.29 is 27.6 Å². The van der Waals surface area contributed by atoms with Crippen LogP contribution in [0.15, 0.2) is 48.5 Å². The van der Waals surface area contributed by atoms with Crippen molar-refractivity contribution in [3.63, 3.8) is 0 Å². The predicted octanol–water partition coefficient (Wildman–Crippen LogP) is 3.39. The van der Waals surface area contributed by atoms with Gasteiger partial charge in [0.25, 0.3) is 5.91 Å². The lowest BCUT2D eigenvalue weighted by Crippen LogP contribution is -2.28. The van der Waals surface area contributed by atoms with Crippen LogP contribution in [0.4, 0.5) is 18.9 Å². The Morgan fingerprint density at radius 1 is 1.13 bits per heavy atom. The molecule has 1 fully saturated rings. The number of halogens is 3. The van der Waals surface area contributed by atoms with E-state index in [1.165, 1.54) is 21.9 Å². The van der Waals surface area contributed by atoms with Gasteiger partial charge in [-0.3, -0.25) is 14.4 Å². The normalized spacial score (nSPS) is 16.4. The van der Waals surface area contributed by atoms with E-state index in [9.17, 15) is 27.6 Å². The van der Waals surface area contributed by atoms with Crippen molar-refractivity contribution in [1.29, 1.82) is 0 Å². The Bertz CT molecular complexity index is 1000. The zero-order valence-electron chi connectivity index (χ0n) is 17.1. The summed E-state index contributed by atoms with van der Waals surface area (Å²) < 4.78 is 38.7. The molecule has 0 bridgehead atoms. The standard InChI is InChI=1S/C22H22F3N3O3/c1-27(2)21(31)15-6-4-8-18(10-15)26-20(30)16-11-19(29)28(13-16)12-14-5-3-7-17(9-14)22(23,24)25/h3-10,16H,11-13H2,1-2H3,(H,26,30). The lowest BCUT2D eigenvalue weighted by atomic mass is 10.1. The Balaban J connectivity index is 1.65. The maximum Gasteiger partial charge on any atom is 0.416 e. The van der Waals surface area contributed by atoms with Crippen molar-refractivity contribution in [3.8, 4) is 0 Å². The Kier molecular flexibility index (Phi) is 6.33. The molecule has 3 rings (SSSR count). The summed E-state index contributed by atoms with van der Waals surface area (Å²) in [6.45, 7) is 0.108. The summed E-state index contributed by atoms with van der Waals surface area (Å²) in [5.41, 5.74) is 0.412. The molecule has 1 heterocycles. The molecule has 1 unspecified atom stereocenters. The number of hydrogen-bond donors (Lipinski definition) is 1. The lowest BCUT2D eigenvalue weighted by molar-refractivity contribution is -0.137. The van der Waals surface area contributed by atoms with E-state index >= 15 is 0 Å². The van der Waals surface area contributed by atoms with Gasteiger partial charge in [0.1, 0.15) is 0 Å². The lowest BCUT2D eigenvalue weighted by Gasteiger charge is -2.18. The maximum atomic E-state index is 12.9. The third-order valence-electron chi connectivity index (χ3n) is 5.00. The van der Waals surface area contributed by atoms with Gasteiger partial charge in [0.2, 0.25) is 11.8 Å². The quantitative estimate of drug-likeness (QED) is 0.786. The van der Waals surface area contributed by atoms with Gasteiger partial charge in [0.05, 0.1) is 11.5 Å². The number of alkyl halides is 3. The topological polar surface area (TPSA) is 69.7 Å². The average Bonchev–Trinajstić information content (AvgIpc) is 3.07. The number of hydrogen-bond acceptors (Lipinski definition) is 3. The summed E-state index contributed by atoms with van der Waals surface area (Å²) in [7, 11) is 3.24. The molecule has 2 aromatic carbocycles. The molecule has 1 aliphatic heterocycles. The minimum absolute atomic E-state index is 0.000640. The van der Waals surface area contributed by atoms with Gasteiger partial charge in [-0.05, 0) is 35.9 Å². The molecule has 31 heavy (non-hydrogen) atoms. The molecule has 3 amide bonds. The molecule has 164 valence electrons. The molecule has 0 aromatic heterocycles. The highest BCUT2D eigenvalue weighted by Gasteiger charge is 2.35. The number of nitrogens with zero attached hydrogens (tertiary/aromatic N) is 2. The van der Waals surface area contributed by atoms with Crippen LogP contribution in [-0.2, 0) is 22.3 Å². The van der Waals surface area contributed by atoms with E-state index in [1.54, 1.807) is 38.4 Å². The second kappa shape index (κ2) is 8.79. The smallest absolute Gasteiger partial charge is 0.345 e. The fourth-order valence-corrected chi connectivity index (χ4v) is 3.40. The van der Waals surface area contributed by atoms with Crippen molar-refractivity contribution in [3.05, 3.63) is 65.2 Å². The minimum Gasteiger partial charge on any atom is -0.345 e. The number of nitrogens with one attached hydrogen (secondary N) is 1. The number of amides is 3. The highest BCUT2D eigenvalue weighted by atomic mass is 19.4. The van der Waals surface area contributed by atoms with Gasteiger partial charge in [-0.2, -0.15) is 13.2 Å². The van der Waals surface area contributed by atoms with Crippen LogP contribution in [0.5, 0.6) is 0 Å². The first-order chi connectivity index (χ1) is 14.5. The number of benzene rings is 2. The van der Waals surface area contributed by atoms with Gasteiger partial charge in [-0.25, -0.2) is 0 Å². The van der Waals surface area contributed by atoms with E-state index in [0.717, 1.165) is 12.1 Å². The molecule has 1 aliphatic rings. The second-order valence-electron chi connectivity index (χ2n) is 7.64. The minimum atomic E-state index is -4.46. The van der Waals surface area contributed by atoms with Crippen LogP contribution in [0.1, 0.15) is 27.9 Å². The van der Waals surface area contributed by atoms with Gasteiger partial charge in [-0.1, -0.05) is 18.2 Å². The molecule has 2 aromatic rings. The summed E-state index contributed by atoms with van der Waals surface area (Å²) in [5, 5.41) is 2.71. The van der Waals surface area contributed by atoms with E-state index in [-0.39, 0.29) is 37.2 Å². The van der Waals surface area contributed by atoms with E-state index < -0.39 is 17.7 Å². The third kappa shape index (κ3) is 5.42. The van der Waals surface area contributed by atoms with Gasteiger partial charge < -0.3 is 15.1 Å². The SMILES string of the molecule is CN(C)C(=O)c1cccc(NC(=O)C2CC(=O)N(Cc3cccc(C(F)(F)F)c3)C2)c1. The molecule has 9 heteroatoms. The van der Waals surface area contributed by atoms with Crippen LogP contribution in [0.3, 0.4) is 0 Å². The zero-order valence-corrected chi connectivity index (χ0v) is 17.1. The molecule has 1 N–H and O–H groups in total. The van der Waals surface area contributed by atoms with Crippen molar-refractivity contribution in [1.82, 2.24) is 9.80 Å². The number of carbonyl (C=O) groups is 3. The average molecular weight is 433 g/mol. The van der Waals surface area contributed by atoms with Crippen LogP contribution in [0, 0.1) is 5.92 Å². The Hall–Kier alpha value is -3.36. The summed E-state index contributed by atoms with van der Waals surface area (Å²) in [6, 6.07) is 11.3. The fraction of sp³-hybridized carbons (Fsp3) is 0.318. The fourth-order valence-electron chi connectivity index (χ4n) is 3.40. The van der Waals surface area contributed by atoms with Crippen molar-refractivity contribution >= 4 is 23.4 Å². The van der Waals surface area contributed by atoms with E-state index in [2.05, 4.69) is 5.32 Å². The molecule has 0 aliphatic carbocycles. The Morgan fingerprint density at radius 2 is 1.84 bits per heavy atom. The third-order valence-corrected chi connectivity index (χ3v) is 5.00. The van der Waals surface area contributed by atoms with Gasteiger partial charge in [0, 0.05) is 44.9 Å². The van der Waals surface area contributed by atoms with Gasteiger partial charge in [0.15, 0.2) is 0 Å². The molecule has 0 spiro atoms. The molecule has 0 saturated carbocycles. The molecule has 0 radical (unpaired) electrons. The summed E-state index contributed by atoms with van der Waals surface area (Å²) in [4.78, 5) is 39.8. The zero-order chi connectivity index (χ0) is 22.8. The number of rotatable bonds is 5. The first kappa shape index (κ1) is 22.3. The number of likely N-dealkylation sites (tertiary alicyclic amines) is 1. The number of anilines is 1. The van der Waals surface area contributed by atoms with Crippen LogP contribution in [0.2, 0.25) is 0 Å². The molecule has 1 atom stereocenters. The van der Waals surface area contributed by atoms with Gasteiger partial charge >= 0.3 is 6.18 Å². The monoisotopic (exact) mass is 433 g/mol. The molecule has 6 nitrogen and oxygen atoms in total. The largest absolute Gasteiger partial charge is 0.416 e. The second-order valence-corrected chi connectivity index (χ2v) is 7.64. The van der Waals surface area contributed by atoms with Crippen molar-refractivity contribution in [2.24, 2.45) is 5.92 Å². The first-order valence-corrected chi connectivity index (χ1v) is 9.61. The van der Waals surface area contributed by atoms with Crippen LogP contribution in [0.25, 0.3) is 0 Å². The molecular formula is C22H22F3N3O3. The number of carbonyl (C=O) groups excluding carboxylic acids is 3. The summed E-state index contributed by atoms with van der Waals surface area (Å²) >= 11 is 0. The maximum absolute atomic E-state index is 12.9. The van der Waals surface area contributed by atoms with Gasteiger partial charge in [-0.15, -0.1) is 0 Å². The van der Waals surface area contributed by atoms with Crippen molar-refractivity contribution in [2.45, 2.75) is 19.1 Å². The molecular weight excluding hydrogens is 411 g/mol. The summed E-state index contributed by atoms with van der Waals surface area (Å²) in [6.07, 6.45) is -4.49. The van der Waals surface area contributed by atoms with Crippen LogP contribution >= 0.6 is 0 Å². The van der Waals surface area contributed by atoms with Crippen LogP contribution in [-0.4, -0.2) is 48.2 Å². The van der Waals surface area contributed by atoms with Crippen molar-refractivity contribution in [2.75, 3.05) is 26.0 Å². The summed E-state index contributed by atoms with van der Waals surface area (Å²) in [5.74, 6) is -1.52. The van der Waals surface area contributed by atoms with Crippen LogP contribution < -0.4 is 5.32 Å². The van der Waals surface area contributed by atoms with E-state index in [0.29, 0.717) is 16.8 Å². The highest BCUT2D eigenvalue weighted by Crippen LogP contribution is 2.30. The van der Waals surface area contributed by atoms with E-state index in [1.807, 2.05) is 0 Å². The van der Waals surface area contributed by atoms with E-state index in [4.69, 9.17) is 0 Å². The highest BCUT2D eigenvalue weighted by molar-refractivity contribution is 5.99. The molecule has 1 saturated heterocycles. The Morgan fingerprint density at radius 3 is 2.52 bits per heavy atom. The predicted molar refractivity (Wildman–Crippen MR) is 108 cm³/mol. The Labute approximate surface area is 177 Å².